The van der Waals surface area contributed by atoms with Crippen LogP contribution >= 0.6 is 0 Å². The number of likely N-dealkylation sites (tertiary alicyclic amines) is 1. The third-order valence-corrected chi connectivity index (χ3v) is 9.22. The summed E-state index contributed by atoms with van der Waals surface area (Å²) in [5.74, 6) is 0.0115. The van der Waals surface area contributed by atoms with Gasteiger partial charge in [-0.15, -0.1) is 0 Å². The van der Waals surface area contributed by atoms with Gasteiger partial charge in [-0.25, -0.2) is 0 Å². The topological polar surface area (TPSA) is 106 Å². The normalized spacial score (nSPS) is 25.4. The molecule has 0 aliphatic carbocycles. The number of hydrogen-bond donors (Lipinski definition) is 1. The molecule has 0 bridgehead atoms. The van der Waals surface area contributed by atoms with Crippen molar-refractivity contribution in [3.05, 3.63) is 46.8 Å². The summed E-state index contributed by atoms with van der Waals surface area (Å²) in [4.78, 5) is 41.4. The third kappa shape index (κ3) is 3.84. The molecule has 10 heteroatoms. The minimum atomic E-state index is -0.614. The number of benzene rings is 1. The average Bonchev–Trinajstić information content (AvgIpc) is 3.63. The van der Waals surface area contributed by atoms with Crippen molar-refractivity contribution in [2.24, 2.45) is 0 Å². The lowest BCUT2D eigenvalue weighted by molar-refractivity contribution is -0.136. The lowest BCUT2D eigenvalue weighted by atomic mass is 9.74. The van der Waals surface area contributed by atoms with Gasteiger partial charge in [0.05, 0.1) is 24.9 Å². The lowest BCUT2D eigenvalue weighted by Crippen LogP contribution is -2.52. The van der Waals surface area contributed by atoms with E-state index in [0.717, 1.165) is 69.8 Å². The number of imide groups is 1. The summed E-state index contributed by atoms with van der Waals surface area (Å²) in [6, 6.07) is 5.93. The third-order valence-electron chi connectivity index (χ3n) is 9.22. The summed E-state index contributed by atoms with van der Waals surface area (Å²) in [7, 11) is 0. The highest BCUT2D eigenvalue weighted by Gasteiger charge is 2.47. The number of nitrogens with zero attached hydrogens (tertiary/aromatic N) is 4. The molecular formula is C28H33N5O5. The van der Waals surface area contributed by atoms with Crippen molar-refractivity contribution in [1.29, 1.82) is 0 Å². The fourth-order valence-electron chi connectivity index (χ4n) is 6.99. The Hall–Kier alpha value is -3.24. The Morgan fingerprint density at radius 2 is 1.87 bits per heavy atom. The van der Waals surface area contributed by atoms with Crippen LogP contribution in [0.15, 0.2) is 24.4 Å². The largest absolute Gasteiger partial charge is 0.492 e. The van der Waals surface area contributed by atoms with Crippen LogP contribution in [-0.2, 0) is 32.8 Å². The van der Waals surface area contributed by atoms with Crippen molar-refractivity contribution < 1.29 is 23.9 Å². The second-order valence-electron chi connectivity index (χ2n) is 11.3. The maximum absolute atomic E-state index is 13.2. The van der Waals surface area contributed by atoms with Gasteiger partial charge < -0.3 is 14.4 Å². The van der Waals surface area contributed by atoms with E-state index < -0.39 is 6.04 Å². The van der Waals surface area contributed by atoms with E-state index in [-0.39, 0.29) is 29.6 Å². The number of carbonyl (C=O) groups is 3. The zero-order valence-electron chi connectivity index (χ0n) is 21.5. The molecule has 200 valence electrons. The molecule has 1 aromatic heterocycles. The number of aromatic nitrogens is 2. The summed E-state index contributed by atoms with van der Waals surface area (Å²) < 4.78 is 14.1. The minimum absolute atomic E-state index is 0.0487. The number of fused-ring (bicyclic) bond motifs is 4. The molecule has 1 spiro atoms. The van der Waals surface area contributed by atoms with Crippen LogP contribution in [0.1, 0.15) is 71.7 Å². The quantitative estimate of drug-likeness (QED) is 0.616. The molecule has 1 aromatic carbocycles. The summed E-state index contributed by atoms with van der Waals surface area (Å²) in [6.07, 6.45) is 6.54. The highest BCUT2D eigenvalue weighted by atomic mass is 16.5. The molecule has 5 aliphatic heterocycles. The number of rotatable bonds is 4. The predicted octanol–water partition coefficient (Wildman–Crippen LogP) is 1.92. The molecule has 3 saturated heterocycles. The van der Waals surface area contributed by atoms with Crippen LogP contribution in [0, 0.1) is 0 Å². The summed E-state index contributed by atoms with van der Waals surface area (Å²) in [5, 5.41) is 7.01. The maximum Gasteiger partial charge on any atom is 0.255 e. The highest BCUT2D eigenvalue weighted by Crippen LogP contribution is 2.49. The SMILES string of the molecule is O=C1CCC(N2Cc3c(ccc4c3OCC43CCN(Cc4ccnn4C4CCOCC4)CC3)C2=O)C(=O)N1. The number of amides is 3. The van der Waals surface area contributed by atoms with E-state index in [4.69, 9.17) is 9.47 Å². The van der Waals surface area contributed by atoms with Gasteiger partial charge in [-0.05, 0) is 57.3 Å². The van der Waals surface area contributed by atoms with Crippen molar-refractivity contribution in [3.8, 4) is 5.75 Å². The van der Waals surface area contributed by atoms with Gasteiger partial charge in [-0.1, -0.05) is 6.07 Å². The van der Waals surface area contributed by atoms with E-state index in [1.54, 1.807) is 4.90 Å². The van der Waals surface area contributed by atoms with Crippen molar-refractivity contribution in [1.82, 2.24) is 24.9 Å². The predicted molar refractivity (Wildman–Crippen MR) is 135 cm³/mol. The smallest absolute Gasteiger partial charge is 0.255 e. The van der Waals surface area contributed by atoms with Crippen LogP contribution in [0.2, 0.25) is 0 Å². The maximum atomic E-state index is 13.2. The first-order valence-electron chi connectivity index (χ1n) is 13.8. The van der Waals surface area contributed by atoms with Gasteiger partial charge in [-0.3, -0.25) is 29.3 Å². The van der Waals surface area contributed by atoms with Gasteiger partial charge in [-0.2, -0.15) is 5.10 Å². The standard InChI is InChI=1S/C28H33N5O5/c34-24-4-3-23(26(35)30-24)32-16-21-20(27(32)36)1-2-22-25(21)38-17-28(22)8-11-31(12-9-28)15-19-5-10-29-33(19)18-6-13-37-14-7-18/h1-2,5,10,18,23H,3-4,6-9,11-17H2,(H,30,34,35). The molecule has 5 aliphatic rings. The van der Waals surface area contributed by atoms with Crippen LogP contribution in [0.25, 0.3) is 0 Å². The Balaban J connectivity index is 1.05. The first-order chi connectivity index (χ1) is 18.5. The van der Waals surface area contributed by atoms with E-state index in [1.807, 2.05) is 12.3 Å². The minimum Gasteiger partial charge on any atom is -0.492 e. The molecule has 6 heterocycles. The molecule has 0 saturated carbocycles. The Morgan fingerprint density at radius 3 is 2.66 bits per heavy atom. The molecule has 1 N–H and O–H groups in total. The Kier molecular flexibility index (Phi) is 5.77. The van der Waals surface area contributed by atoms with Crippen molar-refractivity contribution in [2.75, 3.05) is 32.9 Å². The lowest BCUT2D eigenvalue weighted by Gasteiger charge is -2.38. The first-order valence-corrected chi connectivity index (χ1v) is 13.8. The van der Waals surface area contributed by atoms with E-state index >= 15 is 0 Å². The van der Waals surface area contributed by atoms with Crippen LogP contribution in [0.4, 0.5) is 0 Å². The van der Waals surface area contributed by atoms with Crippen LogP contribution in [0.5, 0.6) is 5.75 Å². The van der Waals surface area contributed by atoms with E-state index in [9.17, 15) is 14.4 Å². The zero-order valence-corrected chi connectivity index (χ0v) is 21.5. The zero-order chi connectivity index (χ0) is 25.9. The molecule has 1 atom stereocenters. The van der Waals surface area contributed by atoms with Gasteiger partial charge in [0.1, 0.15) is 11.8 Å². The molecule has 10 nitrogen and oxygen atoms in total. The van der Waals surface area contributed by atoms with Gasteiger partial charge in [0.25, 0.3) is 5.91 Å². The van der Waals surface area contributed by atoms with Crippen molar-refractivity contribution in [3.63, 3.8) is 0 Å². The Morgan fingerprint density at radius 1 is 1.05 bits per heavy atom. The summed E-state index contributed by atoms with van der Waals surface area (Å²) in [6.45, 7) is 5.41. The van der Waals surface area contributed by atoms with Crippen LogP contribution in [-0.4, -0.2) is 76.3 Å². The van der Waals surface area contributed by atoms with Gasteiger partial charge in [0, 0.05) is 54.5 Å². The number of hydrogen-bond acceptors (Lipinski definition) is 7. The average molecular weight is 520 g/mol. The van der Waals surface area contributed by atoms with Crippen LogP contribution < -0.4 is 10.1 Å². The molecule has 1 unspecified atom stereocenters. The molecule has 38 heavy (non-hydrogen) atoms. The van der Waals surface area contributed by atoms with Gasteiger partial charge in [0.2, 0.25) is 11.8 Å². The first kappa shape index (κ1) is 23.8. The Labute approximate surface area is 221 Å². The molecule has 0 radical (unpaired) electrons. The molecule has 7 rings (SSSR count). The van der Waals surface area contributed by atoms with Gasteiger partial charge in [0.15, 0.2) is 0 Å². The van der Waals surface area contributed by atoms with E-state index in [0.29, 0.717) is 31.2 Å². The second-order valence-corrected chi connectivity index (χ2v) is 11.3. The molecule has 3 amide bonds. The van der Waals surface area contributed by atoms with Crippen LogP contribution in [0.3, 0.4) is 0 Å². The van der Waals surface area contributed by atoms with E-state index in [2.05, 4.69) is 32.1 Å². The second kappa shape index (κ2) is 9.20. The Bertz CT molecular complexity index is 1290. The number of ether oxygens (including phenoxy) is 2. The molecule has 2 aromatic rings. The fourth-order valence-corrected chi connectivity index (χ4v) is 6.99. The van der Waals surface area contributed by atoms with Crippen molar-refractivity contribution in [2.45, 2.75) is 69.1 Å². The van der Waals surface area contributed by atoms with Crippen molar-refractivity contribution >= 4 is 17.7 Å². The highest BCUT2D eigenvalue weighted by molar-refractivity contribution is 6.05. The fraction of sp³-hybridized carbons (Fsp3) is 0.571. The number of piperidine rings is 2. The van der Waals surface area contributed by atoms with E-state index in [1.165, 1.54) is 11.3 Å². The number of nitrogens with one attached hydrogen (secondary N) is 1. The van der Waals surface area contributed by atoms with Gasteiger partial charge >= 0.3 is 0 Å². The molecule has 3 fully saturated rings. The molecular weight excluding hydrogens is 486 g/mol. The number of carbonyl (C=O) groups excluding carboxylic acids is 3. The summed E-state index contributed by atoms with van der Waals surface area (Å²) in [5.41, 5.74) is 3.91. The summed E-state index contributed by atoms with van der Waals surface area (Å²) >= 11 is 0. The monoisotopic (exact) mass is 519 g/mol.